The van der Waals surface area contributed by atoms with Gasteiger partial charge in [-0.1, -0.05) is 0 Å². The zero-order valence-corrected chi connectivity index (χ0v) is 17.8. The zero-order chi connectivity index (χ0) is 22.0. The Kier molecular flexibility index (Phi) is 6.87. The molecule has 12 nitrogen and oxygen atoms in total. The first kappa shape index (κ1) is 22.4. The van der Waals surface area contributed by atoms with Gasteiger partial charge in [0.2, 0.25) is 5.91 Å². The van der Waals surface area contributed by atoms with Gasteiger partial charge in [-0.15, -0.1) is 34.9 Å². The van der Waals surface area contributed by atoms with Crippen LogP contribution in [-0.2, 0) is 24.0 Å². The lowest BCUT2D eigenvalue weighted by molar-refractivity contribution is -0.152. The summed E-state index contributed by atoms with van der Waals surface area (Å²) < 4.78 is 0. The number of carboxylic acids is 2. The summed E-state index contributed by atoms with van der Waals surface area (Å²) in [7, 11) is 0. The highest BCUT2D eigenvalue weighted by atomic mass is 32.2. The molecule has 2 unspecified atom stereocenters. The number of nitrogens with two attached hydrogens (primary N) is 1. The number of carbonyl (C=O) groups is 4. The molecule has 30 heavy (non-hydrogen) atoms. The van der Waals surface area contributed by atoms with Gasteiger partial charge < -0.3 is 21.3 Å². The molecule has 0 aliphatic carbocycles. The molecule has 1 aromatic rings. The number of amides is 2. The van der Waals surface area contributed by atoms with Gasteiger partial charge in [0.15, 0.2) is 17.8 Å². The molecule has 0 saturated carbocycles. The molecule has 3 heterocycles. The lowest BCUT2D eigenvalue weighted by Gasteiger charge is -2.49. The van der Waals surface area contributed by atoms with E-state index < -0.39 is 47.8 Å². The predicted octanol–water partition coefficient (Wildman–Crippen LogP) is -0.569. The Morgan fingerprint density at radius 2 is 2.20 bits per heavy atom. The van der Waals surface area contributed by atoms with Gasteiger partial charge in [0, 0.05) is 16.0 Å². The SMILES string of the molecule is CSC1=C(C(=O)O)N2C(=O)C(NC(=O)C(NOCC(=O)O)c3csc(N)n3)[C@H]2SC1. The van der Waals surface area contributed by atoms with E-state index >= 15 is 0 Å². The van der Waals surface area contributed by atoms with E-state index in [4.69, 9.17) is 15.7 Å². The minimum absolute atomic E-state index is 0.0755. The second-order valence-electron chi connectivity index (χ2n) is 6.02. The molecule has 1 saturated heterocycles. The van der Waals surface area contributed by atoms with Crippen LogP contribution in [0.25, 0.3) is 0 Å². The second kappa shape index (κ2) is 9.22. The van der Waals surface area contributed by atoms with E-state index in [9.17, 15) is 24.3 Å². The van der Waals surface area contributed by atoms with Gasteiger partial charge >= 0.3 is 11.9 Å². The average Bonchev–Trinajstić information content (AvgIpc) is 3.13. The summed E-state index contributed by atoms with van der Waals surface area (Å²) in [6.45, 7) is -0.706. The van der Waals surface area contributed by atoms with Crippen molar-refractivity contribution in [3.05, 3.63) is 21.7 Å². The van der Waals surface area contributed by atoms with Gasteiger partial charge in [0.05, 0.1) is 5.69 Å². The number of thiazole rings is 1. The summed E-state index contributed by atoms with van der Waals surface area (Å²) in [5, 5.41) is 21.9. The van der Waals surface area contributed by atoms with Crippen molar-refractivity contribution in [1.82, 2.24) is 20.7 Å². The van der Waals surface area contributed by atoms with Gasteiger partial charge in [0.25, 0.3) is 5.91 Å². The number of hydrogen-bond donors (Lipinski definition) is 5. The normalized spacial score (nSPS) is 21.6. The summed E-state index contributed by atoms with van der Waals surface area (Å²) >= 11 is 3.67. The van der Waals surface area contributed by atoms with Crippen LogP contribution in [0.5, 0.6) is 0 Å². The Balaban J connectivity index is 1.73. The largest absolute Gasteiger partial charge is 0.479 e. The first-order valence-corrected chi connectivity index (χ1v) is 11.5. The Hall–Kier alpha value is -2.33. The average molecular weight is 476 g/mol. The number of thioether (sulfide) groups is 2. The number of anilines is 1. The van der Waals surface area contributed by atoms with Gasteiger partial charge in [-0.3, -0.25) is 19.3 Å². The predicted molar refractivity (Wildman–Crippen MR) is 109 cm³/mol. The number of nitrogens with zero attached hydrogens (tertiary/aromatic N) is 2. The topological polar surface area (TPSA) is 184 Å². The minimum Gasteiger partial charge on any atom is -0.479 e. The lowest BCUT2D eigenvalue weighted by atomic mass is 10.0. The molecule has 2 aliphatic rings. The molecule has 3 rings (SSSR count). The van der Waals surface area contributed by atoms with E-state index in [1.165, 1.54) is 28.9 Å². The van der Waals surface area contributed by atoms with Crippen LogP contribution in [0.3, 0.4) is 0 Å². The Bertz CT molecular complexity index is 920. The third-order valence-corrected chi connectivity index (χ3v) is 7.16. The van der Waals surface area contributed by atoms with E-state index in [0.29, 0.717) is 10.7 Å². The van der Waals surface area contributed by atoms with E-state index in [1.54, 1.807) is 6.26 Å². The Morgan fingerprint density at radius 1 is 1.47 bits per heavy atom. The number of β-lactam (4-membered cyclic amide) rings is 1. The maximum atomic E-state index is 12.8. The van der Waals surface area contributed by atoms with Crippen molar-refractivity contribution in [2.75, 3.05) is 24.3 Å². The third kappa shape index (κ3) is 4.39. The first-order valence-electron chi connectivity index (χ1n) is 8.30. The molecule has 15 heteroatoms. The van der Waals surface area contributed by atoms with Crippen molar-refractivity contribution in [2.45, 2.75) is 17.5 Å². The van der Waals surface area contributed by atoms with Crippen molar-refractivity contribution < 1.29 is 34.2 Å². The van der Waals surface area contributed by atoms with Crippen LogP contribution in [0.15, 0.2) is 16.0 Å². The minimum atomic E-state index is -1.25. The summed E-state index contributed by atoms with van der Waals surface area (Å²) in [6, 6.07) is -2.16. The fraction of sp³-hybridized carbons (Fsp3) is 0.400. The number of rotatable bonds is 9. The van der Waals surface area contributed by atoms with E-state index in [1.807, 2.05) is 0 Å². The van der Waals surface area contributed by atoms with Crippen LogP contribution in [0, 0.1) is 0 Å². The van der Waals surface area contributed by atoms with Crippen LogP contribution in [0.4, 0.5) is 5.13 Å². The van der Waals surface area contributed by atoms with E-state index in [2.05, 4.69) is 15.8 Å². The first-order chi connectivity index (χ1) is 14.2. The number of aromatic nitrogens is 1. The molecule has 2 aliphatic heterocycles. The molecule has 1 aromatic heterocycles. The maximum absolute atomic E-state index is 12.8. The fourth-order valence-corrected chi connectivity index (χ4v) is 5.69. The summed E-state index contributed by atoms with van der Waals surface area (Å²) in [5.41, 5.74) is 8.03. The van der Waals surface area contributed by atoms with Crippen molar-refractivity contribution in [3.63, 3.8) is 0 Å². The summed E-state index contributed by atoms with van der Waals surface area (Å²) in [6.07, 6.45) is 1.73. The lowest BCUT2D eigenvalue weighted by Crippen LogP contribution is -2.71. The number of hydrogen-bond acceptors (Lipinski definition) is 11. The van der Waals surface area contributed by atoms with Crippen molar-refractivity contribution in [1.29, 1.82) is 0 Å². The number of aliphatic carboxylic acids is 2. The van der Waals surface area contributed by atoms with Crippen molar-refractivity contribution in [3.8, 4) is 0 Å². The Morgan fingerprint density at radius 3 is 2.77 bits per heavy atom. The number of nitrogen functional groups attached to an aromatic ring is 1. The second-order valence-corrected chi connectivity index (χ2v) is 8.92. The molecule has 162 valence electrons. The monoisotopic (exact) mass is 475 g/mol. The van der Waals surface area contributed by atoms with Gasteiger partial charge in [0.1, 0.15) is 17.1 Å². The molecule has 0 radical (unpaired) electrons. The zero-order valence-electron chi connectivity index (χ0n) is 15.4. The number of nitrogens with one attached hydrogen (secondary N) is 2. The summed E-state index contributed by atoms with van der Waals surface area (Å²) in [4.78, 5) is 58.2. The number of carbonyl (C=O) groups excluding carboxylic acids is 2. The van der Waals surface area contributed by atoms with Crippen LogP contribution >= 0.6 is 34.9 Å². The standard InChI is InChI=1S/C15H17N5O7S3/c1-28-6-4-29-13-9(12(24)20(13)10(6)14(25)26)18-11(23)8(19-27-2-7(21)22)5-3-30-15(16)17-5/h3,8-9,13,19H,2,4H2,1H3,(H2,16,17)(H,18,23)(H,21,22)(H,25,26)/t8?,9?,13-/m1/s1. The highest BCUT2D eigenvalue weighted by molar-refractivity contribution is 8.05. The van der Waals surface area contributed by atoms with Gasteiger partial charge in [-0.25, -0.2) is 14.6 Å². The van der Waals surface area contributed by atoms with Crippen molar-refractivity contribution >= 4 is 63.7 Å². The van der Waals surface area contributed by atoms with Crippen LogP contribution in [0.2, 0.25) is 0 Å². The molecule has 3 atom stereocenters. The smallest absolute Gasteiger partial charge is 0.353 e. The molecular formula is C15H17N5O7S3. The molecule has 2 amide bonds. The molecular weight excluding hydrogens is 458 g/mol. The molecule has 6 N–H and O–H groups in total. The van der Waals surface area contributed by atoms with Crippen LogP contribution < -0.4 is 16.5 Å². The highest BCUT2D eigenvalue weighted by Crippen LogP contribution is 2.42. The fourth-order valence-electron chi connectivity index (χ4n) is 2.85. The molecule has 0 aromatic carbocycles. The van der Waals surface area contributed by atoms with E-state index in [0.717, 1.165) is 16.2 Å². The van der Waals surface area contributed by atoms with Crippen LogP contribution in [0.1, 0.15) is 11.7 Å². The highest BCUT2D eigenvalue weighted by Gasteiger charge is 2.54. The third-order valence-electron chi connectivity index (χ3n) is 4.17. The van der Waals surface area contributed by atoms with Gasteiger partial charge in [-0.2, -0.15) is 5.48 Å². The van der Waals surface area contributed by atoms with Crippen molar-refractivity contribution in [2.24, 2.45) is 0 Å². The number of carboxylic acid groups (broad SMARTS) is 2. The van der Waals surface area contributed by atoms with Crippen LogP contribution in [-0.4, -0.2) is 73.9 Å². The molecule has 0 bridgehead atoms. The number of fused-ring (bicyclic) bond motifs is 1. The summed E-state index contributed by atoms with van der Waals surface area (Å²) in [5.74, 6) is -3.30. The van der Waals surface area contributed by atoms with Gasteiger partial charge in [-0.05, 0) is 6.26 Å². The quantitative estimate of drug-likeness (QED) is 0.227. The van der Waals surface area contributed by atoms with E-state index in [-0.39, 0.29) is 16.5 Å². The molecule has 1 fully saturated rings. The maximum Gasteiger partial charge on any atom is 0.353 e. The number of hydroxylamine groups is 1. The molecule has 0 spiro atoms. The Labute approximate surface area is 182 Å².